The molecule has 3 aromatic rings. The van der Waals surface area contributed by atoms with Gasteiger partial charge in [0.1, 0.15) is 0 Å². The van der Waals surface area contributed by atoms with Crippen LogP contribution in [0.25, 0.3) is 6.08 Å². The van der Waals surface area contributed by atoms with Crippen LogP contribution < -0.4 is 9.47 Å². The highest BCUT2D eigenvalue weighted by Crippen LogP contribution is 2.38. The SMILES string of the molecule is CN(Cc1cnn(Cc2ccccc2)c1)C(=O)C=Cc1cc(Cl)c2c(c1)OCCCO2. The lowest BCUT2D eigenvalue weighted by Gasteiger charge is -2.14. The Bertz CT molecular complexity index is 1080. The van der Waals surface area contributed by atoms with Gasteiger partial charge >= 0.3 is 0 Å². The number of likely N-dealkylation sites (N-methyl/N-ethyl adjacent to an activating group) is 1. The fraction of sp³-hybridized carbons (Fsp3) is 0.250. The summed E-state index contributed by atoms with van der Waals surface area (Å²) in [5, 5.41) is 4.87. The maximum atomic E-state index is 12.6. The summed E-state index contributed by atoms with van der Waals surface area (Å²) >= 11 is 6.32. The van der Waals surface area contributed by atoms with Crippen molar-refractivity contribution < 1.29 is 14.3 Å². The number of hydrogen-bond donors (Lipinski definition) is 0. The molecule has 0 fully saturated rings. The lowest BCUT2D eigenvalue weighted by Crippen LogP contribution is -2.23. The van der Waals surface area contributed by atoms with Crippen LogP contribution in [0.15, 0.2) is 60.9 Å². The van der Waals surface area contributed by atoms with Gasteiger partial charge in [-0.3, -0.25) is 9.48 Å². The molecule has 31 heavy (non-hydrogen) atoms. The third-order valence-electron chi connectivity index (χ3n) is 4.91. The van der Waals surface area contributed by atoms with E-state index in [1.54, 1.807) is 30.3 Å². The monoisotopic (exact) mass is 437 g/mol. The van der Waals surface area contributed by atoms with Gasteiger partial charge in [0.05, 0.1) is 31.0 Å². The van der Waals surface area contributed by atoms with E-state index in [9.17, 15) is 4.79 Å². The van der Waals surface area contributed by atoms with E-state index in [0.29, 0.717) is 42.8 Å². The van der Waals surface area contributed by atoms with Crippen LogP contribution in [-0.2, 0) is 17.9 Å². The number of ether oxygens (including phenoxy) is 2. The highest BCUT2D eigenvalue weighted by Gasteiger charge is 2.15. The Morgan fingerprint density at radius 1 is 1.19 bits per heavy atom. The molecule has 6 nitrogen and oxygen atoms in total. The van der Waals surface area contributed by atoms with E-state index < -0.39 is 0 Å². The van der Waals surface area contributed by atoms with Crippen molar-refractivity contribution in [3.63, 3.8) is 0 Å². The van der Waals surface area contributed by atoms with E-state index in [-0.39, 0.29) is 5.91 Å². The van der Waals surface area contributed by atoms with E-state index in [1.807, 2.05) is 35.1 Å². The summed E-state index contributed by atoms with van der Waals surface area (Å²) < 4.78 is 13.2. The summed E-state index contributed by atoms with van der Waals surface area (Å²) in [7, 11) is 1.77. The van der Waals surface area contributed by atoms with Crippen LogP contribution in [-0.4, -0.2) is 40.8 Å². The minimum atomic E-state index is -0.112. The summed E-state index contributed by atoms with van der Waals surface area (Å²) in [6, 6.07) is 13.7. The number of amides is 1. The molecular formula is C24H24ClN3O3. The van der Waals surface area contributed by atoms with Gasteiger partial charge < -0.3 is 14.4 Å². The van der Waals surface area contributed by atoms with Crippen molar-refractivity contribution >= 4 is 23.6 Å². The average molecular weight is 438 g/mol. The third kappa shape index (κ3) is 5.47. The molecule has 0 bridgehead atoms. The number of fused-ring (bicyclic) bond motifs is 1. The van der Waals surface area contributed by atoms with Crippen molar-refractivity contribution in [1.82, 2.24) is 14.7 Å². The standard InChI is InChI=1S/C24H24ClN3O3/c1-27(15-20-14-26-28(17-20)16-18-6-3-2-4-7-18)23(29)9-8-19-12-21(25)24-22(13-19)30-10-5-11-31-24/h2-4,6-9,12-14,17H,5,10-11,15-16H2,1H3. The van der Waals surface area contributed by atoms with Crippen molar-refractivity contribution in [2.75, 3.05) is 20.3 Å². The molecule has 7 heteroatoms. The van der Waals surface area contributed by atoms with E-state index in [1.165, 1.54) is 11.6 Å². The number of carbonyl (C=O) groups is 1. The van der Waals surface area contributed by atoms with Crippen LogP contribution >= 0.6 is 11.6 Å². The predicted molar refractivity (Wildman–Crippen MR) is 120 cm³/mol. The first-order valence-electron chi connectivity index (χ1n) is 10.2. The van der Waals surface area contributed by atoms with Crippen LogP contribution in [0, 0.1) is 0 Å². The van der Waals surface area contributed by atoms with Crippen molar-refractivity contribution in [3.8, 4) is 11.5 Å². The van der Waals surface area contributed by atoms with Crippen LogP contribution in [0.4, 0.5) is 0 Å². The number of carbonyl (C=O) groups excluding carboxylic acids is 1. The Morgan fingerprint density at radius 2 is 2.00 bits per heavy atom. The van der Waals surface area contributed by atoms with Gasteiger partial charge in [-0.1, -0.05) is 41.9 Å². The second-order valence-corrected chi connectivity index (χ2v) is 7.85. The second kappa shape index (κ2) is 9.71. The molecule has 1 aliphatic heterocycles. The Labute approximate surface area is 186 Å². The zero-order valence-electron chi connectivity index (χ0n) is 17.3. The smallest absolute Gasteiger partial charge is 0.246 e. The normalized spacial score (nSPS) is 13.2. The van der Waals surface area contributed by atoms with Gasteiger partial charge in [0.25, 0.3) is 0 Å². The maximum absolute atomic E-state index is 12.6. The van der Waals surface area contributed by atoms with Crippen molar-refractivity contribution in [1.29, 1.82) is 0 Å². The number of aromatic nitrogens is 2. The summed E-state index contributed by atoms with van der Waals surface area (Å²) in [5.74, 6) is 1.06. The van der Waals surface area contributed by atoms with Gasteiger partial charge in [-0.05, 0) is 29.3 Å². The Hall–Kier alpha value is -3.25. The van der Waals surface area contributed by atoms with Crippen molar-refractivity contribution in [2.24, 2.45) is 0 Å². The van der Waals surface area contributed by atoms with Gasteiger partial charge in [-0.25, -0.2) is 0 Å². The lowest BCUT2D eigenvalue weighted by atomic mass is 10.2. The molecule has 4 rings (SSSR count). The fourth-order valence-corrected chi connectivity index (χ4v) is 3.61. The van der Waals surface area contributed by atoms with Gasteiger partial charge in [-0.2, -0.15) is 5.10 Å². The molecule has 1 amide bonds. The van der Waals surface area contributed by atoms with Crippen LogP contribution in [0.1, 0.15) is 23.1 Å². The lowest BCUT2D eigenvalue weighted by molar-refractivity contribution is -0.125. The summed E-state index contributed by atoms with van der Waals surface area (Å²) in [5.41, 5.74) is 2.93. The Kier molecular flexibility index (Phi) is 6.57. The first-order chi connectivity index (χ1) is 15.1. The molecule has 0 N–H and O–H groups in total. The van der Waals surface area contributed by atoms with Crippen LogP contribution in [0.3, 0.4) is 0 Å². The number of hydrogen-bond acceptors (Lipinski definition) is 4. The van der Waals surface area contributed by atoms with E-state index in [2.05, 4.69) is 17.2 Å². The molecule has 0 unspecified atom stereocenters. The molecule has 0 atom stereocenters. The van der Waals surface area contributed by atoms with E-state index in [0.717, 1.165) is 17.5 Å². The van der Waals surface area contributed by atoms with E-state index >= 15 is 0 Å². The minimum Gasteiger partial charge on any atom is -0.489 e. The first kappa shape index (κ1) is 21.0. The van der Waals surface area contributed by atoms with Gasteiger partial charge in [0.2, 0.25) is 5.91 Å². The number of benzene rings is 2. The van der Waals surface area contributed by atoms with Gasteiger partial charge in [-0.15, -0.1) is 0 Å². The molecule has 0 saturated carbocycles. The average Bonchev–Trinajstić information content (AvgIpc) is 3.05. The van der Waals surface area contributed by atoms with Gasteiger partial charge in [0.15, 0.2) is 11.5 Å². The zero-order valence-corrected chi connectivity index (χ0v) is 18.1. The highest BCUT2D eigenvalue weighted by atomic mass is 35.5. The number of nitrogens with zero attached hydrogens (tertiary/aromatic N) is 3. The number of rotatable bonds is 6. The Balaban J connectivity index is 1.37. The summed E-state index contributed by atoms with van der Waals surface area (Å²) in [6.45, 7) is 2.33. The molecule has 0 aliphatic carbocycles. The zero-order chi connectivity index (χ0) is 21.6. The topological polar surface area (TPSA) is 56.6 Å². The van der Waals surface area contributed by atoms with E-state index in [4.69, 9.17) is 21.1 Å². The van der Waals surface area contributed by atoms with Crippen molar-refractivity contribution in [2.45, 2.75) is 19.5 Å². The predicted octanol–water partition coefficient (Wildman–Crippen LogP) is 4.42. The largest absolute Gasteiger partial charge is 0.489 e. The highest BCUT2D eigenvalue weighted by molar-refractivity contribution is 6.32. The molecule has 1 aromatic heterocycles. The molecule has 2 heterocycles. The molecular weight excluding hydrogens is 414 g/mol. The van der Waals surface area contributed by atoms with Crippen LogP contribution in [0.2, 0.25) is 5.02 Å². The van der Waals surface area contributed by atoms with Crippen molar-refractivity contribution in [3.05, 3.63) is 82.6 Å². The third-order valence-corrected chi connectivity index (χ3v) is 5.19. The summed E-state index contributed by atoms with van der Waals surface area (Å²) in [4.78, 5) is 14.2. The second-order valence-electron chi connectivity index (χ2n) is 7.44. The Morgan fingerprint density at radius 3 is 2.84 bits per heavy atom. The number of halogens is 1. The molecule has 0 spiro atoms. The minimum absolute atomic E-state index is 0.112. The molecule has 0 radical (unpaired) electrons. The van der Waals surface area contributed by atoms with Gasteiger partial charge in [0, 0.05) is 37.8 Å². The first-order valence-corrected chi connectivity index (χ1v) is 10.5. The molecule has 2 aromatic carbocycles. The molecule has 1 aliphatic rings. The quantitative estimate of drug-likeness (QED) is 0.536. The maximum Gasteiger partial charge on any atom is 0.246 e. The fourth-order valence-electron chi connectivity index (χ4n) is 3.34. The molecule has 160 valence electrons. The molecule has 0 saturated heterocycles. The summed E-state index contributed by atoms with van der Waals surface area (Å²) in [6.07, 6.45) is 7.83. The van der Waals surface area contributed by atoms with Crippen LogP contribution in [0.5, 0.6) is 11.5 Å².